The predicted molar refractivity (Wildman–Crippen MR) is 58.0 cm³/mol. The Hall–Kier alpha value is -0.200. The Morgan fingerprint density at radius 3 is 2.56 bits per heavy atom. The van der Waals surface area contributed by atoms with E-state index >= 15 is 0 Å². The Kier molecular flexibility index (Phi) is 2.89. The van der Waals surface area contributed by atoms with Gasteiger partial charge in [0.05, 0.1) is 19.8 Å². The van der Waals surface area contributed by atoms with Gasteiger partial charge in [-0.15, -0.1) is 0 Å². The lowest BCUT2D eigenvalue weighted by Gasteiger charge is -2.47. The van der Waals surface area contributed by atoms with Gasteiger partial charge in [0.2, 0.25) is 0 Å². The molecule has 16 heavy (non-hydrogen) atoms. The molecule has 4 aliphatic rings. The largest absolute Gasteiger partial charge is 0.327 e. The van der Waals surface area contributed by atoms with Gasteiger partial charge < -0.3 is 24.4 Å². The first-order valence-corrected chi connectivity index (χ1v) is 6.10. The van der Waals surface area contributed by atoms with Crippen molar-refractivity contribution in [3.8, 4) is 0 Å². The van der Waals surface area contributed by atoms with E-state index in [-0.39, 0.29) is 0 Å². The number of fused-ring (bicyclic) bond motifs is 3. The molecule has 4 rings (SSSR count). The average molecular weight is 228 g/mol. The molecule has 0 radical (unpaired) electrons. The van der Waals surface area contributed by atoms with Crippen molar-refractivity contribution in [1.29, 1.82) is 0 Å². The maximum Gasteiger partial charge on any atom is 0.284 e. The summed E-state index contributed by atoms with van der Waals surface area (Å²) in [5.41, 5.74) is 0. The quantitative estimate of drug-likeness (QED) is 0.698. The Bertz CT molecular complexity index is 240. The minimum atomic E-state index is -0.759. The SMILES string of the molecule is CN1CCNC(CC23OCC(CO2)CO3)C1. The summed E-state index contributed by atoms with van der Waals surface area (Å²) in [6.45, 7) is 5.50. The molecule has 4 heterocycles. The number of piperazine rings is 1. The first-order valence-electron chi connectivity index (χ1n) is 6.10. The van der Waals surface area contributed by atoms with Crippen molar-refractivity contribution in [2.45, 2.75) is 18.4 Å². The second-order valence-electron chi connectivity index (χ2n) is 5.10. The van der Waals surface area contributed by atoms with Gasteiger partial charge in [-0.25, -0.2) is 0 Å². The molecule has 92 valence electrons. The van der Waals surface area contributed by atoms with Crippen LogP contribution in [0.25, 0.3) is 0 Å². The Morgan fingerprint density at radius 2 is 1.94 bits per heavy atom. The molecule has 0 aromatic heterocycles. The molecule has 4 saturated heterocycles. The van der Waals surface area contributed by atoms with E-state index in [1.165, 1.54) is 0 Å². The zero-order valence-corrected chi connectivity index (χ0v) is 9.78. The minimum Gasteiger partial charge on any atom is -0.327 e. The number of likely N-dealkylation sites (N-methyl/N-ethyl adjacent to an activating group) is 1. The first kappa shape index (κ1) is 10.9. The maximum atomic E-state index is 5.70. The van der Waals surface area contributed by atoms with Crippen LogP contribution < -0.4 is 5.32 Å². The van der Waals surface area contributed by atoms with Gasteiger partial charge in [0, 0.05) is 38.0 Å². The molecular formula is C11H20N2O3. The van der Waals surface area contributed by atoms with Gasteiger partial charge in [-0.05, 0) is 7.05 Å². The van der Waals surface area contributed by atoms with Gasteiger partial charge in [0.1, 0.15) is 0 Å². The highest BCUT2D eigenvalue weighted by atomic mass is 16.9. The second-order valence-corrected chi connectivity index (χ2v) is 5.10. The molecular weight excluding hydrogens is 208 g/mol. The van der Waals surface area contributed by atoms with Gasteiger partial charge in [0.25, 0.3) is 5.97 Å². The molecule has 4 fully saturated rings. The van der Waals surface area contributed by atoms with Crippen LogP contribution in [0.4, 0.5) is 0 Å². The lowest BCUT2D eigenvalue weighted by molar-refractivity contribution is -0.451. The van der Waals surface area contributed by atoms with Crippen LogP contribution in [0, 0.1) is 5.92 Å². The van der Waals surface area contributed by atoms with Crippen LogP contribution in [-0.4, -0.2) is 63.4 Å². The summed E-state index contributed by atoms with van der Waals surface area (Å²) in [7, 11) is 2.14. The highest BCUT2D eigenvalue weighted by Crippen LogP contribution is 2.33. The fourth-order valence-corrected chi connectivity index (χ4v) is 2.61. The Balaban J connectivity index is 1.60. The van der Waals surface area contributed by atoms with E-state index in [1.807, 2.05) is 0 Å². The number of hydrogen-bond acceptors (Lipinski definition) is 5. The summed E-state index contributed by atoms with van der Waals surface area (Å²) >= 11 is 0. The summed E-state index contributed by atoms with van der Waals surface area (Å²) in [4.78, 5) is 2.33. The topological polar surface area (TPSA) is 43.0 Å². The molecule has 5 nitrogen and oxygen atoms in total. The van der Waals surface area contributed by atoms with Gasteiger partial charge in [-0.1, -0.05) is 0 Å². The van der Waals surface area contributed by atoms with E-state index in [4.69, 9.17) is 14.2 Å². The molecule has 0 amide bonds. The number of ether oxygens (including phenoxy) is 3. The molecule has 0 spiro atoms. The third kappa shape index (κ3) is 2.10. The zero-order valence-electron chi connectivity index (χ0n) is 9.78. The summed E-state index contributed by atoms with van der Waals surface area (Å²) in [5.74, 6) is -0.325. The highest BCUT2D eigenvalue weighted by Gasteiger charge is 2.46. The van der Waals surface area contributed by atoms with E-state index < -0.39 is 5.97 Å². The van der Waals surface area contributed by atoms with Crippen molar-refractivity contribution in [1.82, 2.24) is 10.2 Å². The molecule has 5 heteroatoms. The summed E-state index contributed by atoms with van der Waals surface area (Å²) in [5, 5.41) is 3.49. The van der Waals surface area contributed by atoms with Crippen LogP contribution in [0.3, 0.4) is 0 Å². The first-order chi connectivity index (χ1) is 7.76. The number of hydrogen-bond donors (Lipinski definition) is 1. The fourth-order valence-electron chi connectivity index (χ4n) is 2.61. The normalized spacial score (nSPS) is 44.8. The lowest BCUT2D eigenvalue weighted by atomic mass is 10.1. The van der Waals surface area contributed by atoms with Crippen molar-refractivity contribution < 1.29 is 14.2 Å². The smallest absolute Gasteiger partial charge is 0.284 e. The van der Waals surface area contributed by atoms with Crippen molar-refractivity contribution in [2.75, 3.05) is 46.5 Å². The standard InChI is InChI=1S/C11H20N2O3/c1-13-3-2-12-10(5-13)4-11-14-6-9(7-15-11)8-16-11/h9-10,12H,2-8H2,1H3. The van der Waals surface area contributed by atoms with E-state index in [0.29, 0.717) is 12.0 Å². The zero-order chi connectivity index (χ0) is 11.0. The van der Waals surface area contributed by atoms with E-state index in [9.17, 15) is 0 Å². The van der Waals surface area contributed by atoms with Gasteiger partial charge in [-0.3, -0.25) is 0 Å². The fraction of sp³-hybridized carbons (Fsp3) is 1.00. The minimum absolute atomic E-state index is 0.397. The summed E-state index contributed by atoms with van der Waals surface area (Å²) in [6.07, 6.45) is 0.782. The van der Waals surface area contributed by atoms with Gasteiger partial charge >= 0.3 is 0 Å². The van der Waals surface area contributed by atoms with Crippen molar-refractivity contribution in [2.24, 2.45) is 5.92 Å². The monoisotopic (exact) mass is 228 g/mol. The van der Waals surface area contributed by atoms with Crippen molar-refractivity contribution in [3.05, 3.63) is 0 Å². The molecule has 1 unspecified atom stereocenters. The highest BCUT2D eigenvalue weighted by molar-refractivity contribution is 4.84. The number of nitrogens with zero attached hydrogens (tertiary/aromatic N) is 1. The van der Waals surface area contributed by atoms with Crippen molar-refractivity contribution in [3.63, 3.8) is 0 Å². The third-order valence-electron chi connectivity index (χ3n) is 3.57. The molecule has 1 atom stereocenters. The second kappa shape index (κ2) is 4.23. The Morgan fingerprint density at radius 1 is 1.25 bits per heavy atom. The molecule has 0 aromatic rings. The van der Waals surface area contributed by atoms with Gasteiger partial charge in [0.15, 0.2) is 0 Å². The molecule has 0 saturated carbocycles. The van der Waals surface area contributed by atoms with Crippen LogP contribution in [0.1, 0.15) is 6.42 Å². The van der Waals surface area contributed by atoms with Crippen LogP contribution in [0.15, 0.2) is 0 Å². The van der Waals surface area contributed by atoms with E-state index in [1.54, 1.807) is 0 Å². The van der Waals surface area contributed by atoms with E-state index in [0.717, 1.165) is 45.9 Å². The average Bonchev–Trinajstić information content (AvgIpc) is 2.31. The third-order valence-corrected chi connectivity index (χ3v) is 3.57. The maximum absolute atomic E-state index is 5.70. The van der Waals surface area contributed by atoms with Crippen LogP contribution in [-0.2, 0) is 14.2 Å². The van der Waals surface area contributed by atoms with Crippen molar-refractivity contribution >= 4 is 0 Å². The molecule has 0 aromatic carbocycles. The molecule has 4 aliphatic heterocycles. The van der Waals surface area contributed by atoms with Gasteiger partial charge in [-0.2, -0.15) is 0 Å². The summed E-state index contributed by atoms with van der Waals surface area (Å²) in [6, 6.07) is 0.397. The Labute approximate surface area is 96.0 Å². The molecule has 0 aliphatic carbocycles. The van der Waals surface area contributed by atoms with E-state index in [2.05, 4.69) is 17.3 Å². The molecule has 2 bridgehead atoms. The van der Waals surface area contributed by atoms with Crippen LogP contribution >= 0.6 is 0 Å². The molecule has 1 N–H and O–H groups in total. The van der Waals surface area contributed by atoms with Crippen LogP contribution in [0.2, 0.25) is 0 Å². The van der Waals surface area contributed by atoms with Crippen LogP contribution in [0.5, 0.6) is 0 Å². The number of rotatable bonds is 2. The summed E-state index contributed by atoms with van der Waals surface area (Å²) < 4.78 is 17.1. The number of nitrogens with one attached hydrogen (secondary N) is 1. The lowest BCUT2D eigenvalue weighted by Crippen LogP contribution is -2.59. The predicted octanol–water partition coefficient (Wildman–Crippen LogP) is -0.373.